The van der Waals surface area contributed by atoms with Gasteiger partial charge in [-0.05, 0) is 0 Å². The van der Waals surface area contributed by atoms with Crippen LogP contribution in [0.15, 0.2) is 6.20 Å². The van der Waals surface area contributed by atoms with Crippen molar-refractivity contribution in [2.24, 2.45) is 0 Å². The van der Waals surface area contributed by atoms with E-state index < -0.39 is 28.8 Å². The van der Waals surface area contributed by atoms with Crippen molar-refractivity contribution in [3.63, 3.8) is 0 Å². The van der Waals surface area contributed by atoms with Gasteiger partial charge in [-0.15, -0.1) is 0 Å². The lowest BCUT2D eigenvalue weighted by Gasteiger charge is -2.08. The standard InChI is InChI=1S/C9H7ClF3NO2/c1-16-6(15)2-5-8(10)7(9(12)13)4(11)3-14-5/h3,9H,2H2,1H3. The molecule has 3 nitrogen and oxygen atoms in total. The van der Waals surface area contributed by atoms with Crippen LogP contribution in [0.3, 0.4) is 0 Å². The summed E-state index contributed by atoms with van der Waals surface area (Å²) in [6, 6.07) is 0. The summed E-state index contributed by atoms with van der Waals surface area (Å²) in [5, 5.41) is -0.541. The van der Waals surface area contributed by atoms with Crippen LogP contribution in [0.2, 0.25) is 5.02 Å². The van der Waals surface area contributed by atoms with Gasteiger partial charge in [0, 0.05) is 0 Å². The number of ether oxygens (including phenoxy) is 1. The first-order valence-corrected chi connectivity index (χ1v) is 4.53. The van der Waals surface area contributed by atoms with Crippen molar-refractivity contribution in [1.29, 1.82) is 0 Å². The van der Waals surface area contributed by atoms with Gasteiger partial charge < -0.3 is 4.74 Å². The van der Waals surface area contributed by atoms with E-state index >= 15 is 0 Å². The number of carbonyl (C=O) groups excluding carboxylic acids is 1. The molecule has 0 amide bonds. The summed E-state index contributed by atoms with van der Waals surface area (Å²) in [5.74, 6) is -1.89. The average molecular weight is 254 g/mol. The lowest BCUT2D eigenvalue weighted by Crippen LogP contribution is -2.08. The van der Waals surface area contributed by atoms with Crippen LogP contribution < -0.4 is 0 Å². The molecule has 1 aromatic rings. The van der Waals surface area contributed by atoms with E-state index in [1.54, 1.807) is 0 Å². The highest BCUT2D eigenvalue weighted by molar-refractivity contribution is 6.32. The summed E-state index contributed by atoms with van der Waals surface area (Å²) in [7, 11) is 1.13. The van der Waals surface area contributed by atoms with Crippen molar-refractivity contribution < 1.29 is 22.7 Å². The van der Waals surface area contributed by atoms with Crippen LogP contribution in [0.5, 0.6) is 0 Å². The fourth-order valence-corrected chi connectivity index (χ4v) is 1.34. The Morgan fingerprint density at radius 3 is 2.75 bits per heavy atom. The molecule has 1 rings (SSSR count). The van der Waals surface area contributed by atoms with Crippen molar-refractivity contribution in [3.8, 4) is 0 Å². The van der Waals surface area contributed by atoms with Crippen molar-refractivity contribution in [2.75, 3.05) is 7.11 Å². The molecule has 0 aromatic carbocycles. The molecule has 0 atom stereocenters. The number of aromatic nitrogens is 1. The zero-order chi connectivity index (χ0) is 12.3. The van der Waals surface area contributed by atoms with Gasteiger partial charge in [-0.2, -0.15) is 0 Å². The average Bonchev–Trinajstić information content (AvgIpc) is 2.21. The lowest BCUT2D eigenvalue weighted by atomic mass is 10.2. The summed E-state index contributed by atoms with van der Waals surface area (Å²) in [5.41, 5.74) is -1.08. The number of alkyl halides is 2. The number of carbonyl (C=O) groups is 1. The molecule has 16 heavy (non-hydrogen) atoms. The summed E-state index contributed by atoms with van der Waals surface area (Å²) in [4.78, 5) is 14.4. The molecule has 0 saturated carbocycles. The van der Waals surface area contributed by atoms with Crippen molar-refractivity contribution in [2.45, 2.75) is 12.8 Å². The van der Waals surface area contributed by atoms with Gasteiger partial charge in [0.1, 0.15) is 0 Å². The van der Waals surface area contributed by atoms with Gasteiger partial charge in [-0.3, -0.25) is 9.78 Å². The molecule has 7 heteroatoms. The third kappa shape index (κ3) is 2.63. The molecule has 0 saturated heterocycles. The number of hydrogen-bond acceptors (Lipinski definition) is 3. The summed E-state index contributed by atoms with van der Waals surface area (Å²) >= 11 is 5.52. The fraction of sp³-hybridized carbons (Fsp3) is 0.333. The van der Waals surface area contributed by atoms with Crippen molar-refractivity contribution in [3.05, 3.63) is 28.3 Å². The van der Waals surface area contributed by atoms with E-state index in [9.17, 15) is 18.0 Å². The van der Waals surface area contributed by atoms with Gasteiger partial charge >= 0.3 is 5.97 Å². The second-order valence-electron chi connectivity index (χ2n) is 2.83. The zero-order valence-corrected chi connectivity index (χ0v) is 8.89. The van der Waals surface area contributed by atoms with E-state index in [2.05, 4.69) is 9.72 Å². The monoisotopic (exact) mass is 253 g/mol. The number of methoxy groups -OCH3 is 1. The van der Waals surface area contributed by atoms with Gasteiger partial charge in [0.05, 0.1) is 36.0 Å². The fourth-order valence-electron chi connectivity index (χ4n) is 1.05. The summed E-state index contributed by atoms with van der Waals surface area (Å²) in [6.07, 6.45) is -2.84. The molecule has 0 aliphatic rings. The van der Waals surface area contributed by atoms with Gasteiger partial charge in [0.2, 0.25) is 0 Å². The first-order valence-electron chi connectivity index (χ1n) is 4.15. The number of halogens is 4. The predicted molar refractivity (Wildman–Crippen MR) is 49.9 cm³/mol. The largest absolute Gasteiger partial charge is 0.469 e. The molecular formula is C9H7ClF3NO2. The number of rotatable bonds is 3. The van der Waals surface area contributed by atoms with Crippen LogP contribution in [0, 0.1) is 5.82 Å². The summed E-state index contributed by atoms with van der Waals surface area (Å²) in [6.45, 7) is 0. The second kappa shape index (κ2) is 5.16. The topological polar surface area (TPSA) is 39.2 Å². The second-order valence-corrected chi connectivity index (χ2v) is 3.21. The van der Waals surface area contributed by atoms with Crippen LogP contribution >= 0.6 is 11.6 Å². The van der Waals surface area contributed by atoms with E-state index in [4.69, 9.17) is 11.6 Å². The van der Waals surface area contributed by atoms with E-state index in [1.165, 1.54) is 0 Å². The predicted octanol–water partition coefficient (Wildman–Crippen LogP) is 2.53. The normalized spacial score (nSPS) is 10.6. The Hall–Kier alpha value is -1.30. The maximum Gasteiger partial charge on any atom is 0.311 e. The zero-order valence-electron chi connectivity index (χ0n) is 8.14. The van der Waals surface area contributed by atoms with E-state index in [-0.39, 0.29) is 12.1 Å². The van der Waals surface area contributed by atoms with Crippen molar-refractivity contribution >= 4 is 17.6 Å². The molecule has 0 spiro atoms. The molecule has 0 radical (unpaired) electrons. The molecule has 1 aromatic heterocycles. The first kappa shape index (κ1) is 12.8. The Kier molecular flexibility index (Phi) is 4.12. The van der Waals surface area contributed by atoms with Gasteiger partial charge in [-0.1, -0.05) is 11.6 Å². The van der Waals surface area contributed by atoms with Gasteiger partial charge in [0.25, 0.3) is 6.43 Å². The molecule has 88 valence electrons. The van der Waals surface area contributed by atoms with Crippen LogP contribution in [0.1, 0.15) is 17.7 Å². The molecule has 0 aliphatic carbocycles. The minimum atomic E-state index is -3.06. The molecule has 0 fully saturated rings. The minimum Gasteiger partial charge on any atom is -0.469 e. The van der Waals surface area contributed by atoms with E-state index in [0.29, 0.717) is 6.20 Å². The molecule has 0 bridgehead atoms. The van der Waals surface area contributed by atoms with E-state index in [1.807, 2.05) is 0 Å². The minimum absolute atomic E-state index is 0.134. The van der Waals surface area contributed by atoms with Crippen LogP contribution in [0.25, 0.3) is 0 Å². The Morgan fingerprint density at radius 2 is 2.25 bits per heavy atom. The molecular weight excluding hydrogens is 247 g/mol. The molecule has 1 heterocycles. The Balaban J connectivity index is 3.13. The maximum absolute atomic E-state index is 13.0. The number of nitrogens with zero attached hydrogens (tertiary/aromatic N) is 1. The van der Waals surface area contributed by atoms with Crippen LogP contribution in [-0.2, 0) is 16.0 Å². The smallest absolute Gasteiger partial charge is 0.311 e. The molecule has 0 unspecified atom stereocenters. The third-order valence-electron chi connectivity index (χ3n) is 1.84. The number of hydrogen-bond donors (Lipinski definition) is 0. The maximum atomic E-state index is 13.0. The Labute approximate surface area is 94.2 Å². The Bertz CT molecular complexity index is 412. The lowest BCUT2D eigenvalue weighted by molar-refractivity contribution is -0.139. The van der Waals surface area contributed by atoms with Crippen LogP contribution in [-0.4, -0.2) is 18.1 Å². The Morgan fingerprint density at radius 1 is 1.62 bits per heavy atom. The van der Waals surface area contributed by atoms with Crippen molar-refractivity contribution in [1.82, 2.24) is 4.98 Å². The third-order valence-corrected chi connectivity index (χ3v) is 2.26. The quantitative estimate of drug-likeness (QED) is 0.777. The highest BCUT2D eigenvalue weighted by Crippen LogP contribution is 2.31. The molecule has 0 N–H and O–H groups in total. The van der Waals surface area contributed by atoms with Crippen LogP contribution in [0.4, 0.5) is 13.2 Å². The number of pyridine rings is 1. The first-order chi connectivity index (χ1) is 7.47. The summed E-state index contributed by atoms with van der Waals surface area (Å²) < 4.78 is 42.1. The number of esters is 1. The van der Waals surface area contributed by atoms with E-state index in [0.717, 1.165) is 7.11 Å². The van der Waals surface area contributed by atoms with Gasteiger partial charge in [0.15, 0.2) is 5.82 Å². The highest BCUT2D eigenvalue weighted by Gasteiger charge is 2.22. The van der Waals surface area contributed by atoms with Gasteiger partial charge in [-0.25, -0.2) is 13.2 Å². The molecule has 0 aliphatic heterocycles. The highest BCUT2D eigenvalue weighted by atomic mass is 35.5. The SMILES string of the molecule is COC(=O)Cc1ncc(F)c(C(F)F)c1Cl.